The van der Waals surface area contributed by atoms with E-state index in [0.717, 1.165) is 34.5 Å². The van der Waals surface area contributed by atoms with Gasteiger partial charge in [-0.05, 0) is 44.7 Å². The average molecular weight is 336 g/mol. The van der Waals surface area contributed by atoms with Crippen LogP contribution in [0.4, 0.5) is 0 Å². The maximum absolute atomic E-state index is 13.2. The van der Waals surface area contributed by atoms with Gasteiger partial charge in [0.15, 0.2) is 0 Å². The molecule has 0 N–H and O–H groups in total. The van der Waals surface area contributed by atoms with Crippen molar-refractivity contribution in [3.05, 3.63) is 45.4 Å². The van der Waals surface area contributed by atoms with Gasteiger partial charge in [0, 0.05) is 17.6 Å². The van der Waals surface area contributed by atoms with Gasteiger partial charge in [-0.2, -0.15) is 4.31 Å². The number of nitrogens with zero attached hydrogens (tertiary/aromatic N) is 2. The molecule has 0 aliphatic heterocycles. The van der Waals surface area contributed by atoms with E-state index >= 15 is 0 Å². The Labute approximate surface area is 135 Å². The van der Waals surface area contributed by atoms with Crippen LogP contribution >= 0.6 is 11.3 Å². The van der Waals surface area contributed by atoms with Crippen LogP contribution in [0.25, 0.3) is 0 Å². The molecule has 1 aliphatic carbocycles. The number of benzene rings is 1. The molecule has 0 radical (unpaired) electrons. The summed E-state index contributed by atoms with van der Waals surface area (Å²) in [6, 6.07) is 4.00. The highest BCUT2D eigenvalue weighted by molar-refractivity contribution is 7.89. The quantitative estimate of drug-likeness (QED) is 0.840. The number of hydrogen-bond acceptors (Lipinski definition) is 4. The first-order valence-corrected chi connectivity index (χ1v) is 9.69. The van der Waals surface area contributed by atoms with Crippen molar-refractivity contribution in [1.82, 2.24) is 9.29 Å². The Hall–Kier alpha value is -1.24. The van der Waals surface area contributed by atoms with Crippen LogP contribution in [-0.2, 0) is 16.6 Å². The molecule has 1 aromatic carbocycles. The van der Waals surface area contributed by atoms with Crippen molar-refractivity contribution >= 4 is 21.4 Å². The van der Waals surface area contributed by atoms with E-state index in [9.17, 15) is 8.42 Å². The van der Waals surface area contributed by atoms with E-state index in [0.29, 0.717) is 11.4 Å². The first-order valence-electron chi connectivity index (χ1n) is 7.37. The molecule has 0 atom stereocenters. The number of hydrogen-bond donors (Lipinski definition) is 0. The molecule has 22 heavy (non-hydrogen) atoms. The van der Waals surface area contributed by atoms with Gasteiger partial charge in [-0.3, -0.25) is 0 Å². The molecule has 1 heterocycles. The lowest BCUT2D eigenvalue weighted by Crippen LogP contribution is -2.33. The summed E-state index contributed by atoms with van der Waals surface area (Å²) in [5.74, 6) is 0. The maximum Gasteiger partial charge on any atom is 0.244 e. The zero-order valence-electron chi connectivity index (χ0n) is 13.0. The van der Waals surface area contributed by atoms with Crippen LogP contribution < -0.4 is 0 Å². The maximum atomic E-state index is 13.2. The minimum Gasteiger partial charge on any atom is -0.248 e. The first kappa shape index (κ1) is 15.6. The molecule has 0 saturated heterocycles. The Morgan fingerprint density at radius 1 is 1.23 bits per heavy atom. The molecule has 1 aliphatic rings. The van der Waals surface area contributed by atoms with Crippen LogP contribution in [0.5, 0.6) is 0 Å². The predicted molar refractivity (Wildman–Crippen MR) is 88.5 cm³/mol. The summed E-state index contributed by atoms with van der Waals surface area (Å²) in [4.78, 5) is 4.70. The summed E-state index contributed by atoms with van der Waals surface area (Å²) in [6.45, 7) is 6.12. The molecule has 4 nitrogen and oxygen atoms in total. The summed E-state index contributed by atoms with van der Waals surface area (Å²) >= 11 is 1.50. The fourth-order valence-corrected chi connectivity index (χ4v) is 5.69. The minimum atomic E-state index is -3.49. The highest BCUT2D eigenvalue weighted by atomic mass is 32.2. The molecule has 0 unspecified atom stereocenters. The zero-order valence-corrected chi connectivity index (χ0v) is 14.7. The third-order valence-corrected chi connectivity index (χ3v) is 6.87. The molecule has 0 bridgehead atoms. The van der Waals surface area contributed by atoms with Crippen molar-refractivity contribution in [3.63, 3.8) is 0 Å². The molecule has 2 aromatic rings. The van der Waals surface area contributed by atoms with Gasteiger partial charge in [0.05, 0.1) is 11.4 Å². The molecular weight excluding hydrogens is 316 g/mol. The van der Waals surface area contributed by atoms with E-state index in [-0.39, 0.29) is 6.04 Å². The highest BCUT2D eigenvalue weighted by Gasteiger charge is 2.39. The molecule has 1 saturated carbocycles. The lowest BCUT2D eigenvalue weighted by atomic mass is 10.1. The number of thiazole rings is 1. The second-order valence-corrected chi connectivity index (χ2v) is 8.74. The van der Waals surface area contributed by atoms with Crippen LogP contribution in [0.15, 0.2) is 28.6 Å². The summed E-state index contributed by atoms with van der Waals surface area (Å²) in [5.41, 5.74) is 2.73. The van der Waals surface area contributed by atoms with Crippen LogP contribution in [0, 0.1) is 20.8 Å². The van der Waals surface area contributed by atoms with Crippen LogP contribution in [0.3, 0.4) is 0 Å². The lowest BCUT2D eigenvalue weighted by Gasteiger charge is -2.23. The number of aryl methyl sites for hydroxylation is 3. The number of rotatable bonds is 5. The highest BCUT2D eigenvalue weighted by Crippen LogP contribution is 2.35. The predicted octanol–water partition coefficient (Wildman–Crippen LogP) is 3.42. The van der Waals surface area contributed by atoms with E-state index in [2.05, 4.69) is 4.98 Å². The van der Waals surface area contributed by atoms with E-state index in [1.165, 1.54) is 11.3 Å². The van der Waals surface area contributed by atoms with Crippen molar-refractivity contribution in [1.29, 1.82) is 0 Å². The fourth-order valence-electron chi connectivity index (χ4n) is 2.93. The molecule has 118 valence electrons. The first-order chi connectivity index (χ1) is 10.4. The second-order valence-electron chi connectivity index (χ2n) is 5.94. The normalized spacial score (nSPS) is 15.5. The Kier molecular flexibility index (Phi) is 4.09. The van der Waals surface area contributed by atoms with Gasteiger partial charge in [-0.15, -0.1) is 11.3 Å². The SMILES string of the molecule is Cc1cc(C)c(S(=O)(=O)N(Cc2nccs2)C2CC2)c(C)c1. The summed E-state index contributed by atoms with van der Waals surface area (Å²) in [6.07, 6.45) is 3.60. The summed E-state index contributed by atoms with van der Waals surface area (Å²) in [7, 11) is -3.49. The molecular formula is C16H20N2O2S2. The third-order valence-electron chi connectivity index (χ3n) is 3.90. The van der Waals surface area contributed by atoms with Crippen molar-refractivity contribution in [3.8, 4) is 0 Å². The van der Waals surface area contributed by atoms with Crippen molar-refractivity contribution in [2.45, 2.75) is 51.1 Å². The Bertz CT molecular complexity index is 755. The summed E-state index contributed by atoms with van der Waals surface area (Å²) in [5, 5.41) is 2.73. The van der Waals surface area contributed by atoms with Gasteiger partial charge < -0.3 is 0 Å². The lowest BCUT2D eigenvalue weighted by molar-refractivity contribution is 0.397. The van der Waals surface area contributed by atoms with Crippen LogP contribution in [-0.4, -0.2) is 23.7 Å². The van der Waals surface area contributed by atoms with Gasteiger partial charge in [-0.25, -0.2) is 13.4 Å². The Balaban J connectivity index is 2.03. The van der Waals surface area contributed by atoms with Crippen molar-refractivity contribution < 1.29 is 8.42 Å². The topological polar surface area (TPSA) is 50.3 Å². The molecule has 3 rings (SSSR count). The number of aromatic nitrogens is 1. The monoisotopic (exact) mass is 336 g/mol. The van der Waals surface area contributed by atoms with Gasteiger partial charge >= 0.3 is 0 Å². The smallest absolute Gasteiger partial charge is 0.244 e. The van der Waals surface area contributed by atoms with Crippen molar-refractivity contribution in [2.24, 2.45) is 0 Å². The Morgan fingerprint density at radius 3 is 2.36 bits per heavy atom. The van der Waals surface area contributed by atoms with Crippen molar-refractivity contribution in [2.75, 3.05) is 0 Å². The van der Waals surface area contributed by atoms with E-state index in [1.807, 2.05) is 38.3 Å². The van der Waals surface area contributed by atoms with Gasteiger partial charge in [0.2, 0.25) is 10.0 Å². The molecule has 0 amide bonds. The molecule has 1 fully saturated rings. The zero-order chi connectivity index (χ0) is 15.9. The third kappa shape index (κ3) is 2.95. The van der Waals surface area contributed by atoms with Crippen LogP contribution in [0.1, 0.15) is 34.5 Å². The van der Waals surface area contributed by atoms with Crippen LogP contribution in [0.2, 0.25) is 0 Å². The average Bonchev–Trinajstić information content (AvgIpc) is 3.10. The van der Waals surface area contributed by atoms with Gasteiger partial charge in [0.25, 0.3) is 0 Å². The minimum absolute atomic E-state index is 0.119. The standard InChI is InChI=1S/C16H20N2O2S2/c1-11-8-12(2)16(13(3)9-11)22(19,20)18(14-4-5-14)10-15-17-6-7-21-15/h6-9,14H,4-5,10H2,1-3H3. The van der Waals surface area contributed by atoms with E-state index in [1.54, 1.807) is 10.5 Å². The summed E-state index contributed by atoms with van der Waals surface area (Å²) < 4.78 is 28.0. The largest absolute Gasteiger partial charge is 0.248 e. The molecule has 0 spiro atoms. The van der Waals surface area contributed by atoms with E-state index < -0.39 is 10.0 Å². The van der Waals surface area contributed by atoms with E-state index in [4.69, 9.17) is 0 Å². The fraction of sp³-hybridized carbons (Fsp3) is 0.438. The molecule has 6 heteroatoms. The number of sulfonamides is 1. The van der Waals surface area contributed by atoms with Gasteiger partial charge in [0.1, 0.15) is 5.01 Å². The van der Waals surface area contributed by atoms with Gasteiger partial charge in [-0.1, -0.05) is 17.7 Å². The second kappa shape index (κ2) is 5.76. The Morgan fingerprint density at radius 2 is 1.86 bits per heavy atom. The molecule has 1 aromatic heterocycles.